The second-order valence-corrected chi connectivity index (χ2v) is 7.59. The monoisotopic (exact) mass is 359 g/mol. The molecule has 0 radical (unpaired) electrons. The van der Waals surface area contributed by atoms with Crippen LogP contribution in [0.4, 0.5) is 0 Å². The normalized spacial score (nSPS) is 21.9. The van der Waals surface area contributed by atoms with Crippen LogP contribution in [-0.4, -0.2) is 28.4 Å². The van der Waals surface area contributed by atoms with E-state index in [2.05, 4.69) is 15.9 Å². The minimum Gasteiger partial charge on any atom is -0.481 e. The maximum atomic E-state index is 12.6. The van der Waals surface area contributed by atoms with Gasteiger partial charge in [0.25, 0.3) is 0 Å². The van der Waals surface area contributed by atoms with Gasteiger partial charge in [-0.25, -0.2) is 0 Å². The zero-order chi connectivity index (χ0) is 14.7. The predicted molar refractivity (Wildman–Crippen MR) is 81.6 cm³/mol. The average Bonchev–Trinajstić information content (AvgIpc) is 3.03. The van der Waals surface area contributed by atoms with Gasteiger partial charge in [-0.1, -0.05) is 6.42 Å². The molecule has 20 heavy (non-hydrogen) atoms. The van der Waals surface area contributed by atoms with E-state index in [1.807, 2.05) is 19.1 Å². The molecule has 0 saturated heterocycles. The summed E-state index contributed by atoms with van der Waals surface area (Å²) in [5.74, 6) is -1.71. The Bertz CT molecular complexity index is 502. The molecule has 1 aromatic heterocycles. The molecule has 0 spiro atoms. The molecule has 1 aliphatic carbocycles. The maximum Gasteiger partial charge on any atom is 0.307 e. The van der Waals surface area contributed by atoms with E-state index in [1.54, 1.807) is 16.2 Å². The third kappa shape index (κ3) is 3.41. The number of hydrogen-bond acceptors (Lipinski definition) is 3. The summed E-state index contributed by atoms with van der Waals surface area (Å²) in [5, 5.41) is 9.21. The third-order valence-corrected chi connectivity index (χ3v) is 5.43. The Morgan fingerprint density at radius 3 is 2.65 bits per heavy atom. The van der Waals surface area contributed by atoms with Crippen molar-refractivity contribution < 1.29 is 14.7 Å². The SMILES string of the molecule is CCN(Cc1ccc(Br)s1)C(=O)[C@@H]1CCC[C@@H]1C(=O)O. The number of thiophene rings is 1. The number of halogens is 1. The van der Waals surface area contributed by atoms with Crippen molar-refractivity contribution in [2.75, 3.05) is 6.54 Å². The Hall–Kier alpha value is -0.880. The van der Waals surface area contributed by atoms with Crippen molar-refractivity contribution >= 4 is 39.1 Å². The molecule has 1 aromatic rings. The first kappa shape index (κ1) is 15.5. The quantitative estimate of drug-likeness (QED) is 0.876. The molecular weight excluding hydrogens is 342 g/mol. The fourth-order valence-electron chi connectivity index (χ4n) is 2.76. The third-order valence-electron chi connectivity index (χ3n) is 3.82. The summed E-state index contributed by atoms with van der Waals surface area (Å²) in [5.41, 5.74) is 0. The first-order valence-electron chi connectivity index (χ1n) is 6.78. The van der Waals surface area contributed by atoms with E-state index in [0.29, 0.717) is 25.9 Å². The van der Waals surface area contributed by atoms with E-state index in [0.717, 1.165) is 15.1 Å². The molecule has 2 rings (SSSR count). The van der Waals surface area contributed by atoms with Gasteiger partial charge in [-0.3, -0.25) is 9.59 Å². The van der Waals surface area contributed by atoms with E-state index in [4.69, 9.17) is 0 Å². The molecule has 0 unspecified atom stereocenters. The smallest absolute Gasteiger partial charge is 0.307 e. The number of carboxylic acids is 1. The lowest BCUT2D eigenvalue weighted by Crippen LogP contribution is -2.38. The van der Waals surface area contributed by atoms with Gasteiger partial charge in [0.2, 0.25) is 5.91 Å². The van der Waals surface area contributed by atoms with E-state index in [9.17, 15) is 14.7 Å². The molecular formula is C14H18BrNO3S. The zero-order valence-corrected chi connectivity index (χ0v) is 13.7. The van der Waals surface area contributed by atoms with Gasteiger partial charge < -0.3 is 10.0 Å². The minimum atomic E-state index is -0.837. The molecule has 1 aliphatic rings. The minimum absolute atomic E-state index is 0.0121. The number of aliphatic carboxylic acids is 1. The van der Waals surface area contributed by atoms with Crippen LogP contribution in [0.2, 0.25) is 0 Å². The predicted octanol–water partition coefficient (Wildman–Crippen LogP) is 3.36. The van der Waals surface area contributed by atoms with Crippen molar-refractivity contribution in [1.29, 1.82) is 0 Å². The lowest BCUT2D eigenvalue weighted by molar-refractivity contribution is -0.149. The highest BCUT2D eigenvalue weighted by atomic mass is 79.9. The lowest BCUT2D eigenvalue weighted by Gasteiger charge is -2.25. The van der Waals surface area contributed by atoms with Gasteiger partial charge in [-0.05, 0) is 47.8 Å². The zero-order valence-electron chi connectivity index (χ0n) is 11.3. The second kappa shape index (κ2) is 6.72. The first-order valence-corrected chi connectivity index (χ1v) is 8.39. The topological polar surface area (TPSA) is 57.6 Å². The van der Waals surface area contributed by atoms with Crippen molar-refractivity contribution in [3.05, 3.63) is 20.8 Å². The molecule has 2 atom stereocenters. The van der Waals surface area contributed by atoms with E-state index in [-0.39, 0.29) is 11.8 Å². The van der Waals surface area contributed by atoms with E-state index < -0.39 is 11.9 Å². The Kier molecular flexibility index (Phi) is 5.21. The molecule has 1 N–H and O–H groups in total. The fourth-order valence-corrected chi connectivity index (χ4v) is 4.26. The number of carbonyl (C=O) groups excluding carboxylic acids is 1. The largest absolute Gasteiger partial charge is 0.481 e. The molecule has 1 fully saturated rings. The van der Waals surface area contributed by atoms with Crippen molar-refractivity contribution in [1.82, 2.24) is 4.90 Å². The highest BCUT2D eigenvalue weighted by Gasteiger charge is 2.39. The Balaban J connectivity index is 2.06. The van der Waals surface area contributed by atoms with Crippen LogP contribution < -0.4 is 0 Å². The number of carbonyl (C=O) groups is 2. The van der Waals surface area contributed by atoms with Gasteiger partial charge >= 0.3 is 5.97 Å². The number of rotatable bonds is 5. The standard InChI is InChI=1S/C14H18BrNO3S/c1-2-16(8-9-6-7-12(15)20-9)13(17)10-4-3-5-11(10)14(18)19/h6-7,10-11H,2-5,8H2,1H3,(H,18,19)/t10-,11+/m1/s1. The van der Waals surface area contributed by atoms with Crippen molar-refractivity contribution in [2.24, 2.45) is 11.8 Å². The molecule has 1 saturated carbocycles. The van der Waals surface area contributed by atoms with Crippen molar-refractivity contribution in [3.8, 4) is 0 Å². The molecule has 6 heteroatoms. The molecule has 1 amide bonds. The summed E-state index contributed by atoms with van der Waals surface area (Å²) in [7, 11) is 0. The second-order valence-electron chi connectivity index (χ2n) is 5.04. The van der Waals surface area contributed by atoms with Gasteiger partial charge in [0.05, 0.1) is 22.2 Å². The van der Waals surface area contributed by atoms with Crippen LogP contribution in [0.5, 0.6) is 0 Å². The maximum absolute atomic E-state index is 12.6. The number of amides is 1. The summed E-state index contributed by atoms with van der Waals surface area (Å²) in [6, 6.07) is 3.96. The molecule has 110 valence electrons. The Labute approximate surface area is 130 Å². The highest BCUT2D eigenvalue weighted by Crippen LogP contribution is 2.34. The molecule has 0 aliphatic heterocycles. The lowest BCUT2D eigenvalue weighted by atomic mass is 9.94. The molecule has 1 heterocycles. The van der Waals surface area contributed by atoms with E-state index >= 15 is 0 Å². The Morgan fingerprint density at radius 1 is 1.40 bits per heavy atom. The van der Waals surface area contributed by atoms with Crippen molar-refractivity contribution in [3.63, 3.8) is 0 Å². The van der Waals surface area contributed by atoms with Crippen LogP contribution in [0.3, 0.4) is 0 Å². The van der Waals surface area contributed by atoms with Crippen LogP contribution in [0.1, 0.15) is 31.1 Å². The number of nitrogens with zero attached hydrogens (tertiary/aromatic N) is 1. The van der Waals surface area contributed by atoms with E-state index in [1.165, 1.54) is 0 Å². The highest BCUT2D eigenvalue weighted by molar-refractivity contribution is 9.11. The van der Waals surface area contributed by atoms with Crippen LogP contribution in [0, 0.1) is 11.8 Å². The molecule has 0 aromatic carbocycles. The van der Waals surface area contributed by atoms with Crippen LogP contribution >= 0.6 is 27.3 Å². The number of carboxylic acid groups (broad SMARTS) is 1. The van der Waals surface area contributed by atoms with Gasteiger partial charge in [0, 0.05) is 11.4 Å². The summed E-state index contributed by atoms with van der Waals surface area (Å²) >= 11 is 5.02. The molecule has 0 bridgehead atoms. The van der Waals surface area contributed by atoms with Gasteiger partial charge in [0.15, 0.2) is 0 Å². The van der Waals surface area contributed by atoms with Crippen molar-refractivity contribution in [2.45, 2.75) is 32.7 Å². The number of hydrogen-bond donors (Lipinski definition) is 1. The summed E-state index contributed by atoms with van der Waals surface area (Å²) in [4.78, 5) is 26.6. The fraction of sp³-hybridized carbons (Fsp3) is 0.571. The summed E-state index contributed by atoms with van der Waals surface area (Å²) in [6.07, 6.45) is 2.14. The summed E-state index contributed by atoms with van der Waals surface area (Å²) in [6.45, 7) is 3.11. The van der Waals surface area contributed by atoms with Gasteiger partial charge in [-0.2, -0.15) is 0 Å². The molecule has 4 nitrogen and oxygen atoms in total. The van der Waals surface area contributed by atoms with Gasteiger partial charge in [-0.15, -0.1) is 11.3 Å². The van der Waals surface area contributed by atoms with Crippen LogP contribution in [-0.2, 0) is 16.1 Å². The first-order chi connectivity index (χ1) is 9.52. The Morgan fingerprint density at radius 2 is 2.10 bits per heavy atom. The van der Waals surface area contributed by atoms with Gasteiger partial charge in [0.1, 0.15) is 0 Å². The summed E-state index contributed by atoms with van der Waals surface area (Å²) < 4.78 is 1.04. The van der Waals surface area contributed by atoms with Crippen LogP contribution in [0.25, 0.3) is 0 Å². The average molecular weight is 360 g/mol. The van der Waals surface area contributed by atoms with Crippen LogP contribution in [0.15, 0.2) is 15.9 Å².